The van der Waals surface area contributed by atoms with Crippen LogP contribution in [-0.2, 0) is 9.59 Å². The predicted molar refractivity (Wildman–Crippen MR) is 106 cm³/mol. The fourth-order valence-corrected chi connectivity index (χ4v) is 2.84. The average molecular weight is 396 g/mol. The molecule has 29 heavy (non-hydrogen) atoms. The van der Waals surface area contributed by atoms with Gasteiger partial charge in [0.2, 0.25) is 0 Å². The molecule has 1 heterocycles. The maximum atomic E-state index is 12.9. The van der Waals surface area contributed by atoms with Crippen molar-refractivity contribution in [3.05, 3.63) is 53.6 Å². The van der Waals surface area contributed by atoms with Crippen LogP contribution in [0.4, 0.5) is 10.5 Å². The van der Waals surface area contributed by atoms with Gasteiger partial charge in [-0.15, -0.1) is 0 Å². The zero-order valence-electron chi connectivity index (χ0n) is 16.2. The van der Waals surface area contributed by atoms with E-state index < -0.39 is 17.8 Å². The lowest BCUT2D eigenvalue weighted by molar-refractivity contribution is -0.122. The third-order valence-corrected chi connectivity index (χ3v) is 4.23. The number of hydrogen-bond acceptors (Lipinski definition) is 6. The lowest BCUT2D eigenvalue weighted by Crippen LogP contribution is -2.54. The lowest BCUT2D eigenvalue weighted by Gasteiger charge is -2.26. The molecule has 3 rings (SSSR count). The maximum Gasteiger partial charge on any atom is 0.335 e. The Hall–Kier alpha value is -3.81. The molecule has 1 aliphatic heterocycles. The van der Waals surface area contributed by atoms with Crippen molar-refractivity contribution in [2.75, 3.05) is 25.7 Å². The van der Waals surface area contributed by atoms with E-state index in [1.54, 1.807) is 42.5 Å². The first-order valence-corrected chi connectivity index (χ1v) is 8.84. The first kappa shape index (κ1) is 19.9. The monoisotopic (exact) mass is 396 g/mol. The molecule has 0 bridgehead atoms. The molecule has 0 radical (unpaired) electrons. The minimum atomic E-state index is -0.813. The summed E-state index contributed by atoms with van der Waals surface area (Å²) < 4.78 is 15.8. The Labute approximate surface area is 167 Å². The van der Waals surface area contributed by atoms with Gasteiger partial charge in [0.25, 0.3) is 11.8 Å². The number of ether oxygens (including phenoxy) is 3. The van der Waals surface area contributed by atoms with E-state index in [9.17, 15) is 14.4 Å². The third kappa shape index (κ3) is 4.06. The van der Waals surface area contributed by atoms with E-state index in [0.29, 0.717) is 35.1 Å². The molecular weight excluding hydrogens is 376 g/mol. The number of amides is 4. The van der Waals surface area contributed by atoms with Crippen LogP contribution in [0.1, 0.15) is 12.5 Å². The topological polar surface area (TPSA) is 94.2 Å². The first-order chi connectivity index (χ1) is 14.0. The smallest absolute Gasteiger partial charge is 0.335 e. The minimum Gasteiger partial charge on any atom is -0.497 e. The molecule has 1 N–H and O–H groups in total. The third-order valence-electron chi connectivity index (χ3n) is 4.23. The van der Waals surface area contributed by atoms with E-state index in [2.05, 4.69) is 5.32 Å². The molecule has 0 aromatic heterocycles. The van der Waals surface area contributed by atoms with Crippen molar-refractivity contribution in [1.82, 2.24) is 5.32 Å². The highest BCUT2D eigenvalue weighted by molar-refractivity contribution is 6.39. The van der Waals surface area contributed by atoms with Gasteiger partial charge in [-0.25, -0.2) is 9.69 Å². The van der Waals surface area contributed by atoms with Gasteiger partial charge in [-0.05, 0) is 55.0 Å². The van der Waals surface area contributed by atoms with Crippen molar-refractivity contribution in [3.8, 4) is 17.2 Å². The number of barbiturate groups is 1. The highest BCUT2D eigenvalue weighted by atomic mass is 16.5. The number of methoxy groups -OCH3 is 2. The zero-order valence-corrected chi connectivity index (χ0v) is 16.2. The van der Waals surface area contributed by atoms with Gasteiger partial charge in [0.15, 0.2) is 11.5 Å². The summed E-state index contributed by atoms with van der Waals surface area (Å²) >= 11 is 0. The Morgan fingerprint density at radius 3 is 2.31 bits per heavy atom. The van der Waals surface area contributed by atoms with E-state index in [1.807, 2.05) is 6.92 Å². The van der Waals surface area contributed by atoms with Gasteiger partial charge in [-0.2, -0.15) is 0 Å². The molecule has 0 aliphatic carbocycles. The molecule has 8 nitrogen and oxygen atoms in total. The summed E-state index contributed by atoms with van der Waals surface area (Å²) in [4.78, 5) is 38.4. The quantitative estimate of drug-likeness (QED) is 0.596. The minimum absolute atomic E-state index is 0.173. The number of benzene rings is 2. The summed E-state index contributed by atoms with van der Waals surface area (Å²) in [7, 11) is 3.03. The molecule has 1 aliphatic rings. The maximum absolute atomic E-state index is 12.9. The molecule has 2 aromatic rings. The van der Waals surface area contributed by atoms with Gasteiger partial charge in [-0.1, -0.05) is 6.07 Å². The molecule has 0 atom stereocenters. The molecule has 4 amide bonds. The van der Waals surface area contributed by atoms with Crippen LogP contribution in [0.25, 0.3) is 6.08 Å². The van der Waals surface area contributed by atoms with Crippen LogP contribution in [0.15, 0.2) is 48.0 Å². The van der Waals surface area contributed by atoms with Crippen LogP contribution in [0, 0.1) is 0 Å². The second-order valence-electron chi connectivity index (χ2n) is 6.00. The second kappa shape index (κ2) is 8.47. The van der Waals surface area contributed by atoms with Crippen LogP contribution < -0.4 is 24.4 Å². The van der Waals surface area contributed by atoms with E-state index >= 15 is 0 Å². The molecule has 150 valence electrons. The summed E-state index contributed by atoms with van der Waals surface area (Å²) in [6, 6.07) is 10.6. The van der Waals surface area contributed by atoms with Crippen LogP contribution in [0.2, 0.25) is 0 Å². The Kier molecular flexibility index (Phi) is 5.82. The van der Waals surface area contributed by atoms with Gasteiger partial charge in [-0.3, -0.25) is 14.9 Å². The number of urea groups is 1. The molecule has 0 unspecified atom stereocenters. The summed E-state index contributed by atoms with van der Waals surface area (Å²) in [5, 5.41) is 2.19. The molecule has 1 fully saturated rings. The number of carbonyl (C=O) groups is 3. The van der Waals surface area contributed by atoms with Crippen LogP contribution in [-0.4, -0.2) is 38.7 Å². The normalized spacial score (nSPS) is 15.3. The van der Waals surface area contributed by atoms with E-state index in [1.165, 1.54) is 20.3 Å². The highest BCUT2D eigenvalue weighted by Crippen LogP contribution is 2.30. The van der Waals surface area contributed by atoms with Gasteiger partial charge < -0.3 is 14.2 Å². The number of hydrogen-bond donors (Lipinski definition) is 1. The fourth-order valence-electron chi connectivity index (χ4n) is 2.84. The summed E-state index contributed by atoms with van der Waals surface area (Å²) in [6.07, 6.45) is 1.41. The van der Waals surface area contributed by atoms with Crippen molar-refractivity contribution in [1.29, 1.82) is 0 Å². The van der Waals surface area contributed by atoms with E-state index in [0.717, 1.165) is 4.90 Å². The van der Waals surface area contributed by atoms with Crippen molar-refractivity contribution in [3.63, 3.8) is 0 Å². The predicted octanol–water partition coefficient (Wildman–Crippen LogP) is 2.77. The van der Waals surface area contributed by atoms with Crippen molar-refractivity contribution in [2.45, 2.75) is 6.92 Å². The van der Waals surface area contributed by atoms with Crippen LogP contribution in [0.3, 0.4) is 0 Å². The standard InChI is InChI=1S/C21H20N2O6/c1-4-29-18-12-13(5-10-17(18)28-3)11-16-19(24)22-21(26)23(20(16)25)14-6-8-15(27-2)9-7-14/h5-12H,4H2,1-3H3,(H,22,24,26)/b16-11+. The van der Waals surface area contributed by atoms with Crippen LogP contribution in [0.5, 0.6) is 17.2 Å². The van der Waals surface area contributed by atoms with Crippen molar-refractivity contribution < 1.29 is 28.6 Å². The number of nitrogens with one attached hydrogen (secondary N) is 1. The second-order valence-corrected chi connectivity index (χ2v) is 6.00. The Morgan fingerprint density at radius 2 is 1.69 bits per heavy atom. The van der Waals surface area contributed by atoms with Crippen LogP contribution >= 0.6 is 0 Å². The SMILES string of the molecule is CCOc1cc(/C=C2\C(=O)NC(=O)N(c3ccc(OC)cc3)C2=O)ccc1OC. The Bertz CT molecular complexity index is 981. The van der Waals surface area contributed by atoms with Gasteiger partial charge >= 0.3 is 6.03 Å². The lowest BCUT2D eigenvalue weighted by atomic mass is 10.1. The van der Waals surface area contributed by atoms with Crippen molar-refractivity contribution in [2.24, 2.45) is 0 Å². The van der Waals surface area contributed by atoms with Gasteiger partial charge in [0.1, 0.15) is 11.3 Å². The van der Waals surface area contributed by atoms with Crippen molar-refractivity contribution >= 4 is 29.6 Å². The molecule has 0 saturated carbocycles. The highest BCUT2D eigenvalue weighted by Gasteiger charge is 2.36. The molecular formula is C21H20N2O6. The van der Waals surface area contributed by atoms with E-state index in [4.69, 9.17) is 14.2 Å². The van der Waals surface area contributed by atoms with E-state index in [-0.39, 0.29) is 5.57 Å². The summed E-state index contributed by atoms with van der Waals surface area (Å²) in [5.41, 5.74) is 0.696. The summed E-state index contributed by atoms with van der Waals surface area (Å²) in [6.45, 7) is 2.26. The first-order valence-electron chi connectivity index (χ1n) is 8.84. The Balaban J connectivity index is 1.97. The Morgan fingerprint density at radius 1 is 0.966 bits per heavy atom. The van der Waals surface area contributed by atoms with Gasteiger partial charge in [0.05, 0.1) is 26.5 Å². The zero-order chi connectivity index (χ0) is 21.0. The number of rotatable bonds is 6. The molecule has 8 heteroatoms. The molecule has 2 aromatic carbocycles. The number of carbonyl (C=O) groups excluding carboxylic acids is 3. The molecule has 0 spiro atoms. The summed E-state index contributed by atoms with van der Waals surface area (Å²) in [5.74, 6) is 0.0999. The number of anilines is 1. The number of imide groups is 2. The average Bonchev–Trinajstić information content (AvgIpc) is 2.72. The fraction of sp³-hybridized carbons (Fsp3) is 0.190. The number of nitrogens with zero attached hydrogens (tertiary/aromatic N) is 1. The molecule has 1 saturated heterocycles. The largest absolute Gasteiger partial charge is 0.497 e. The van der Waals surface area contributed by atoms with Gasteiger partial charge in [0, 0.05) is 0 Å².